The number of aromatic amines is 1. The van der Waals surface area contributed by atoms with Gasteiger partial charge < -0.3 is 20.7 Å². The molecule has 0 unspecified atom stereocenters. The van der Waals surface area contributed by atoms with Crippen molar-refractivity contribution >= 4 is 29.1 Å². The molecule has 132 valence electrons. The first-order chi connectivity index (χ1) is 11.7. The van der Waals surface area contributed by atoms with Crippen molar-refractivity contribution < 1.29 is 14.7 Å². The maximum atomic E-state index is 12.3. The topological polar surface area (TPSA) is 111 Å². The highest BCUT2D eigenvalue weighted by molar-refractivity contribution is 6.31. The predicted octanol–water partition coefficient (Wildman–Crippen LogP) is 1.78. The second-order valence-corrected chi connectivity index (χ2v) is 6.56. The fourth-order valence-corrected chi connectivity index (χ4v) is 2.20. The zero-order valence-electron chi connectivity index (χ0n) is 13.7. The summed E-state index contributed by atoms with van der Waals surface area (Å²) in [4.78, 5) is 37.9. The molecule has 7 nitrogen and oxygen atoms in total. The minimum absolute atomic E-state index is 0.227. The Hall–Kier alpha value is -2.64. The van der Waals surface area contributed by atoms with Crippen molar-refractivity contribution in [2.24, 2.45) is 0 Å². The summed E-state index contributed by atoms with van der Waals surface area (Å²) in [6.07, 6.45) is 1.29. The largest absolute Gasteiger partial charge is 0.394 e. The summed E-state index contributed by atoms with van der Waals surface area (Å²) in [6.45, 7) is 3.12. The van der Waals surface area contributed by atoms with Gasteiger partial charge >= 0.3 is 0 Å². The van der Waals surface area contributed by atoms with Crippen molar-refractivity contribution in [1.82, 2.24) is 10.3 Å². The van der Waals surface area contributed by atoms with Crippen LogP contribution in [0.2, 0.25) is 5.02 Å². The molecular formula is C17H18ClN3O4. The van der Waals surface area contributed by atoms with E-state index in [-0.39, 0.29) is 28.3 Å². The van der Waals surface area contributed by atoms with E-state index in [4.69, 9.17) is 11.6 Å². The Morgan fingerprint density at radius 2 is 1.88 bits per heavy atom. The van der Waals surface area contributed by atoms with Crippen molar-refractivity contribution in [3.63, 3.8) is 0 Å². The quantitative estimate of drug-likeness (QED) is 0.648. The van der Waals surface area contributed by atoms with Crippen LogP contribution < -0.4 is 16.2 Å². The third kappa shape index (κ3) is 5.17. The predicted molar refractivity (Wildman–Crippen MR) is 95.1 cm³/mol. The molecule has 0 aliphatic heterocycles. The fraction of sp³-hybridized carbons (Fsp3) is 0.235. The molecule has 1 aromatic carbocycles. The number of halogens is 1. The molecule has 8 heteroatoms. The number of anilines is 1. The molecular weight excluding hydrogens is 346 g/mol. The first-order valence-corrected chi connectivity index (χ1v) is 7.82. The average Bonchev–Trinajstić information content (AvgIpc) is 2.54. The molecule has 2 amide bonds. The van der Waals surface area contributed by atoms with Crippen LogP contribution in [0.3, 0.4) is 0 Å². The summed E-state index contributed by atoms with van der Waals surface area (Å²) in [5, 5.41) is 14.8. The van der Waals surface area contributed by atoms with E-state index in [0.717, 1.165) is 0 Å². The van der Waals surface area contributed by atoms with Gasteiger partial charge in [0.1, 0.15) is 0 Å². The highest BCUT2D eigenvalue weighted by Crippen LogP contribution is 2.20. The van der Waals surface area contributed by atoms with Crippen molar-refractivity contribution in [2.75, 3.05) is 11.9 Å². The highest BCUT2D eigenvalue weighted by atomic mass is 35.5. The number of nitrogens with one attached hydrogen (secondary N) is 3. The molecule has 0 fully saturated rings. The Balaban J connectivity index is 2.21. The average molecular weight is 364 g/mol. The molecule has 0 aliphatic carbocycles. The molecule has 0 bridgehead atoms. The molecule has 1 heterocycles. The number of carbonyl (C=O) groups excluding carboxylic acids is 2. The standard InChI is InChI=1S/C17H18ClN3O4/c1-17(2,9-22)21-16(25)11-5-12(18)7-13(6-11)20-15(24)10-3-4-14(23)19-8-10/h3-8,22H,9H2,1-2H3,(H,19,23)(H,20,24)(H,21,25). The number of amides is 2. The number of benzene rings is 1. The van der Waals surface area contributed by atoms with Crippen LogP contribution in [-0.2, 0) is 0 Å². The van der Waals surface area contributed by atoms with Gasteiger partial charge in [-0.3, -0.25) is 14.4 Å². The maximum absolute atomic E-state index is 12.3. The van der Waals surface area contributed by atoms with E-state index in [0.29, 0.717) is 5.69 Å². The lowest BCUT2D eigenvalue weighted by atomic mass is 10.1. The summed E-state index contributed by atoms with van der Waals surface area (Å²) in [5.74, 6) is -0.887. The number of H-pyrrole nitrogens is 1. The van der Waals surface area contributed by atoms with E-state index < -0.39 is 17.4 Å². The molecule has 0 atom stereocenters. The van der Waals surface area contributed by atoms with Crippen LogP contribution in [0.25, 0.3) is 0 Å². The Morgan fingerprint density at radius 1 is 1.16 bits per heavy atom. The number of carbonyl (C=O) groups is 2. The second-order valence-electron chi connectivity index (χ2n) is 6.12. The molecule has 0 spiro atoms. The summed E-state index contributed by atoms with van der Waals surface area (Å²) in [7, 11) is 0. The molecule has 2 rings (SSSR count). The van der Waals surface area contributed by atoms with Crippen molar-refractivity contribution in [3.8, 4) is 0 Å². The van der Waals surface area contributed by atoms with E-state index in [1.807, 2.05) is 0 Å². The van der Waals surface area contributed by atoms with Crippen LogP contribution in [0.1, 0.15) is 34.6 Å². The summed E-state index contributed by atoms with van der Waals surface area (Å²) >= 11 is 6.02. The van der Waals surface area contributed by atoms with E-state index in [9.17, 15) is 19.5 Å². The van der Waals surface area contributed by atoms with Gasteiger partial charge in [-0.05, 0) is 38.1 Å². The molecule has 2 aromatic rings. The van der Waals surface area contributed by atoms with Crippen molar-refractivity contribution in [1.29, 1.82) is 0 Å². The lowest BCUT2D eigenvalue weighted by Crippen LogP contribution is -2.46. The molecule has 1 aromatic heterocycles. The first kappa shape index (κ1) is 18.7. The summed E-state index contributed by atoms with van der Waals surface area (Å²) in [6, 6.07) is 7.05. The lowest BCUT2D eigenvalue weighted by molar-refractivity contribution is 0.0868. The smallest absolute Gasteiger partial charge is 0.257 e. The van der Waals surface area contributed by atoms with Gasteiger partial charge in [-0.15, -0.1) is 0 Å². The maximum Gasteiger partial charge on any atom is 0.257 e. The zero-order chi connectivity index (χ0) is 18.6. The van der Waals surface area contributed by atoms with E-state index in [1.54, 1.807) is 13.8 Å². The van der Waals surface area contributed by atoms with Gasteiger partial charge in [0, 0.05) is 28.5 Å². The highest BCUT2D eigenvalue weighted by Gasteiger charge is 2.20. The summed E-state index contributed by atoms with van der Waals surface area (Å²) in [5.41, 5.74) is -0.281. The van der Waals surface area contributed by atoms with Crippen LogP contribution in [0.4, 0.5) is 5.69 Å². The number of hydrogen-bond acceptors (Lipinski definition) is 4. The van der Waals surface area contributed by atoms with Crippen molar-refractivity contribution in [3.05, 3.63) is 63.0 Å². The fourth-order valence-electron chi connectivity index (χ4n) is 1.97. The number of rotatable bonds is 5. The minimum Gasteiger partial charge on any atom is -0.394 e. The van der Waals surface area contributed by atoms with E-state index in [2.05, 4.69) is 15.6 Å². The van der Waals surface area contributed by atoms with E-state index in [1.165, 1.54) is 36.5 Å². The summed E-state index contributed by atoms with van der Waals surface area (Å²) < 4.78 is 0. The van der Waals surface area contributed by atoms with Crippen LogP contribution in [0.5, 0.6) is 0 Å². The first-order valence-electron chi connectivity index (χ1n) is 7.44. The second kappa shape index (κ2) is 7.50. The van der Waals surface area contributed by atoms with Crippen LogP contribution >= 0.6 is 11.6 Å². The third-order valence-corrected chi connectivity index (χ3v) is 3.53. The van der Waals surface area contributed by atoms with Crippen molar-refractivity contribution in [2.45, 2.75) is 19.4 Å². The molecule has 0 saturated heterocycles. The van der Waals surface area contributed by atoms with Crippen LogP contribution in [-0.4, -0.2) is 34.1 Å². The van der Waals surface area contributed by atoms with Gasteiger partial charge in [0.15, 0.2) is 0 Å². The number of aliphatic hydroxyl groups excluding tert-OH is 1. The minimum atomic E-state index is -0.793. The van der Waals surface area contributed by atoms with Gasteiger partial charge in [0.05, 0.1) is 17.7 Å². The lowest BCUT2D eigenvalue weighted by Gasteiger charge is -2.23. The van der Waals surface area contributed by atoms with Crippen LogP contribution in [0.15, 0.2) is 41.3 Å². The molecule has 4 N–H and O–H groups in total. The van der Waals surface area contributed by atoms with Gasteiger partial charge in [-0.25, -0.2) is 0 Å². The number of aliphatic hydroxyl groups is 1. The number of aromatic nitrogens is 1. The number of hydrogen-bond donors (Lipinski definition) is 4. The molecule has 25 heavy (non-hydrogen) atoms. The molecule has 0 saturated carbocycles. The normalized spacial score (nSPS) is 11.0. The Kier molecular flexibility index (Phi) is 5.61. The van der Waals surface area contributed by atoms with Gasteiger partial charge in [0.25, 0.3) is 11.8 Å². The molecule has 0 aliphatic rings. The van der Waals surface area contributed by atoms with Gasteiger partial charge in [-0.1, -0.05) is 11.6 Å². The Bertz CT molecular complexity index is 841. The third-order valence-electron chi connectivity index (χ3n) is 3.31. The van der Waals surface area contributed by atoms with E-state index >= 15 is 0 Å². The SMILES string of the molecule is CC(C)(CO)NC(=O)c1cc(Cl)cc(NC(=O)c2ccc(=O)[nH]c2)c1. The Labute approximate surface area is 149 Å². The monoisotopic (exact) mass is 363 g/mol. The van der Waals surface area contributed by atoms with Gasteiger partial charge in [0.2, 0.25) is 5.56 Å². The Morgan fingerprint density at radius 3 is 2.48 bits per heavy atom. The van der Waals surface area contributed by atoms with Gasteiger partial charge in [-0.2, -0.15) is 0 Å². The molecule has 0 radical (unpaired) electrons. The number of pyridine rings is 1. The zero-order valence-corrected chi connectivity index (χ0v) is 14.5. The van der Waals surface area contributed by atoms with Crippen LogP contribution in [0, 0.1) is 0 Å².